The number of nitrogens with zero attached hydrogens (tertiary/aromatic N) is 6. The fraction of sp³-hybridized carbons (Fsp3) is 0.267. The van der Waals surface area contributed by atoms with Crippen LogP contribution in [0.2, 0.25) is 0 Å². The Labute approximate surface area is 148 Å². The molecule has 3 aromatic rings. The van der Waals surface area contributed by atoms with Crippen LogP contribution < -0.4 is 5.32 Å². The minimum absolute atomic E-state index is 0.159. The molecule has 25 heavy (non-hydrogen) atoms. The van der Waals surface area contributed by atoms with Crippen molar-refractivity contribution < 1.29 is 9.90 Å². The number of thioether (sulfide) groups is 1. The molecule has 2 heterocycles. The number of amides is 1. The summed E-state index contributed by atoms with van der Waals surface area (Å²) in [4.78, 5) is 12.2. The Hall–Kier alpha value is -2.88. The highest BCUT2D eigenvalue weighted by Gasteiger charge is 2.15. The Morgan fingerprint density at radius 3 is 2.64 bits per heavy atom. The molecule has 10 heteroatoms. The fourth-order valence-electron chi connectivity index (χ4n) is 2.28. The molecule has 0 spiro atoms. The standard InChI is InChI=1S/C15H17N7O2S/c1-9-14(10(2)21(3)18-9)16-13(24)8-25-15-17-19-20-22(15)11-4-6-12(23)7-5-11/h4-7,23H,8H2,1-3H3,(H,16,24). The zero-order valence-corrected chi connectivity index (χ0v) is 14.8. The fourth-order valence-corrected chi connectivity index (χ4v) is 2.98. The van der Waals surface area contributed by atoms with Crippen molar-refractivity contribution in [1.29, 1.82) is 0 Å². The van der Waals surface area contributed by atoms with Crippen LogP contribution in [0, 0.1) is 13.8 Å². The molecule has 1 aromatic carbocycles. The minimum atomic E-state index is -0.163. The van der Waals surface area contributed by atoms with Gasteiger partial charge in [0.2, 0.25) is 11.1 Å². The summed E-state index contributed by atoms with van der Waals surface area (Å²) in [6.45, 7) is 3.75. The van der Waals surface area contributed by atoms with Gasteiger partial charge in [-0.2, -0.15) is 9.78 Å². The predicted molar refractivity (Wildman–Crippen MR) is 92.9 cm³/mol. The molecule has 0 radical (unpaired) electrons. The van der Waals surface area contributed by atoms with Gasteiger partial charge in [0.25, 0.3) is 0 Å². The van der Waals surface area contributed by atoms with E-state index in [4.69, 9.17) is 0 Å². The largest absolute Gasteiger partial charge is 0.508 e. The van der Waals surface area contributed by atoms with Gasteiger partial charge in [-0.15, -0.1) is 5.10 Å². The number of anilines is 1. The maximum absolute atomic E-state index is 12.2. The number of rotatable bonds is 5. The van der Waals surface area contributed by atoms with Crippen LogP contribution in [0.1, 0.15) is 11.4 Å². The molecule has 2 N–H and O–H groups in total. The number of aromatic hydroxyl groups is 1. The molecule has 1 amide bonds. The van der Waals surface area contributed by atoms with E-state index < -0.39 is 0 Å². The number of phenolic OH excluding ortho intramolecular Hbond substituents is 1. The monoisotopic (exact) mass is 359 g/mol. The summed E-state index contributed by atoms with van der Waals surface area (Å²) in [5, 5.41) is 28.5. The van der Waals surface area contributed by atoms with Crippen LogP contribution >= 0.6 is 11.8 Å². The van der Waals surface area contributed by atoms with Gasteiger partial charge in [0.15, 0.2) is 0 Å². The molecule has 130 valence electrons. The number of phenols is 1. The van der Waals surface area contributed by atoms with Crippen LogP contribution in [0.5, 0.6) is 5.75 Å². The molecular formula is C15H17N7O2S. The van der Waals surface area contributed by atoms with Crippen molar-refractivity contribution in [2.75, 3.05) is 11.1 Å². The molecule has 0 fully saturated rings. The smallest absolute Gasteiger partial charge is 0.234 e. The number of aromatic nitrogens is 6. The van der Waals surface area contributed by atoms with E-state index in [0.29, 0.717) is 10.8 Å². The highest BCUT2D eigenvalue weighted by molar-refractivity contribution is 7.99. The quantitative estimate of drug-likeness (QED) is 0.663. The molecule has 0 atom stereocenters. The lowest BCUT2D eigenvalue weighted by molar-refractivity contribution is -0.113. The van der Waals surface area contributed by atoms with Gasteiger partial charge in [-0.05, 0) is 48.5 Å². The number of hydrogen-bond acceptors (Lipinski definition) is 7. The molecule has 0 aliphatic heterocycles. The summed E-state index contributed by atoms with van der Waals surface area (Å²) in [6, 6.07) is 6.48. The van der Waals surface area contributed by atoms with Crippen molar-refractivity contribution in [3.63, 3.8) is 0 Å². The molecule has 0 saturated heterocycles. The highest BCUT2D eigenvalue weighted by atomic mass is 32.2. The van der Waals surface area contributed by atoms with Crippen molar-refractivity contribution in [1.82, 2.24) is 30.0 Å². The third kappa shape index (κ3) is 3.63. The van der Waals surface area contributed by atoms with Crippen LogP contribution in [-0.2, 0) is 11.8 Å². The Bertz CT molecular complexity index is 901. The number of carbonyl (C=O) groups is 1. The highest BCUT2D eigenvalue weighted by Crippen LogP contribution is 2.22. The van der Waals surface area contributed by atoms with Gasteiger partial charge < -0.3 is 10.4 Å². The zero-order chi connectivity index (χ0) is 18.0. The molecule has 0 aliphatic rings. The first-order valence-electron chi connectivity index (χ1n) is 7.46. The molecule has 0 aliphatic carbocycles. The summed E-state index contributed by atoms with van der Waals surface area (Å²) in [6.07, 6.45) is 0. The number of nitrogens with one attached hydrogen (secondary N) is 1. The first-order chi connectivity index (χ1) is 12.0. The SMILES string of the molecule is Cc1nn(C)c(C)c1NC(=O)CSc1nnnn1-c1ccc(O)cc1. The van der Waals surface area contributed by atoms with Gasteiger partial charge in [0.1, 0.15) is 5.75 Å². The van der Waals surface area contributed by atoms with Crippen molar-refractivity contribution in [3.05, 3.63) is 35.7 Å². The topological polar surface area (TPSA) is 111 Å². The lowest BCUT2D eigenvalue weighted by Gasteiger charge is -2.06. The summed E-state index contributed by atoms with van der Waals surface area (Å²) in [5.41, 5.74) is 3.09. The van der Waals surface area contributed by atoms with Crippen LogP contribution in [-0.4, -0.2) is 46.8 Å². The molecular weight excluding hydrogens is 342 g/mol. The van der Waals surface area contributed by atoms with E-state index in [-0.39, 0.29) is 17.4 Å². The van der Waals surface area contributed by atoms with E-state index in [1.54, 1.807) is 28.9 Å². The molecule has 9 nitrogen and oxygen atoms in total. The predicted octanol–water partition coefficient (Wildman–Crippen LogP) is 1.45. The maximum Gasteiger partial charge on any atom is 0.234 e. The third-order valence-electron chi connectivity index (χ3n) is 3.64. The summed E-state index contributed by atoms with van der Waals surface area (Å²) < 4.78 is 3.24. The van der Waals surface area contributed by atoms with E-state index in [1.165, 1.54) is 16.4 Å². The number of benzene rings is 1. The molecule has 3 rings (SSSR count). The van der Waals surface area contributed by atoms with E-state index >= 15 is 0 Å². The lowest BCUT2D eigenvalue weighted by Crippen LogP contribution is -2.15. The van der Waals surface area contributed by atoms with Crippen LogP contribution in [0.15, 0.2) is 29.4 Å². The minimum Gasteiger partial charge on any atom is -0.508 e. The summed E-state index contributed by atoms with van der Waals surface area (Å²) in [7, 11) is 1.83. The van der Waals surface area contributed by atoms with Gasteiger partial charge in [-0.25, -0.2) is 0 Å². The van der Waals surface area contributed by atoms with Gasteiger partial charge in [-0.3, -0.25) is 9.48 Å². The van der Waals surface area contributed by atoms with Crippen LogP contribution in [0.3, 0.4) is 0 Å². The van der Waals surface area contributed by atoms with Crippen molar-refractivity contribution >= 4 is 23.4 Å². The number of tetrazole rings is 1. The normalized spacial score (nSPS) is 10.8. The van der Waals surface area contributed by atoms with Gasteiger partial charge in [0, 0.05) is 7.05 Å². The first kappa shape index (κ1) is 17.0. The zero-order valence-electron chi connectivity index (χ0n) is 14.0. The molecule has 2 aromatic heterocycles. The average Bonchev–Trinajstić information content (AvgIpc) is 3.14. The average molecular weight is 359 g/mol. The Kier molecular flexibility index (Phi) is 4.70. The second-order valence-electron chi connectivity index (χ2n) is 5.40. The first-order valence-corrected chi connectivity index (χ1v) is 8.45. The van der Waals surface area contributed by atoms with Crippen LogP contribution in [0.25, 0.3) is 5.69 Å². The Morgan fingerprint density at radius 2 is 2.00 bits per heavy atom. The number of hydrogen-bond donors (Lipinski definition) is 2. The number of carbonyl (C=O) groups excluding carboxylic acids is 1. The van der Waals surface area contributed by atoms with Crippen LogP contribution in [0.4, 0.5) is 5.69 Å². The third-order valence-corrected chi connectivity index (χ3v) is 4.56. The van der Waals surface area contributed by atoms with Gasteiger partial charge >= 0.3 is 0 Å². The van der Waals surface area contributed by atoms with Crippen molar-refractivity contribution in [3.8, 4) is 11.4 Å². The molecule has 0 unspecified atom stereocenters. The molecule has 0 saturated carbocycles. The van der Waals surface area contributed by atoms with Crippen molar-refractivity contribution in [2.24, 2.45) is 7.05 Å². The van der Waals surface area contributed by atoms with E-state index in [0.717, 1.165) is 17.1 Å². The molecule has 0 bridgehead atoms. The van der Waals surface area contributed by atoms with E-state index in [9.17, 15) is 9.90 Å². The Balaban J connectivity index is 1.67. The van der Waals surface area contributed by atoms with Crippen molar-refractivity contribution in [2.45, 2.75) is 19.0 Å². The lowest BCUT2D eigenvalue weighted by atomic mass is 10.3. The van der Waals surface area contributed by atoms with Gasteiger partial charge in [0.05, 0.1) is 28.5 Å². The second kappa shape index (κ2) is 6.93. The second-order valence-corrected chi connectivity index (χ2v) is 6.34. The summed E-state index contributed by atoms with van der Waals surface area (Å²) in [5.74, 6) is 0.156. The van der Waals surface area contributed by atoms with Gasteiger partial charge in [-0.1, -0.05) is 11.8 Å². The van der Waals surface area contributed by atoms with E-state index in [1.807, 2.05) is 20.9 Å². The summed E-state index contributed by atoms with van der Waals surface area (Å²) >= 11 is 1.22. The van der Waals surface area contributed by atoms with E-state index in [2.05, 4.69) is 25.9 Å². The Morgan fingerprint density at radius 1 is 1.28 bits per heavy atom. The number of aryl methyl sites for hydroxylation is 2. The maximum atomic E-state index is 12.2.